The Bertz CT molecular complexity index is 790. The molecule has 0 spiro atoms. The first-order valence-electron chi connectivity index (χ1n) is 8.20. The third-order valence-electron chi connectivity index (χ3n) is 3.79. The zero-order valence-corrected chi connectivity index (χ0v) is 14.2. The monoisotopic (exact) mass is 340 g/mol. The fraction of sp³-hybridized carbons (Fsp3) is 0.263. The highest BCUT2D eigenvalue weighted by molar-refractivity contribution is 6.03. The van der Waals surface area contributed by atoms with Gasteiger partial charge in [-0.1, -0.05) is 18.2 Å². The number of urea groups is 1. The van der Waals surface area contributed by atoms with Gasteiger partial charge >= 0.3 is 12.0 Å². The van der Waals surface area contributed by atoms with Crippen LogP contribution in [-0.2, 0) is 4.74 Å². The minimum Gasteiger partial charge on any atom is -0.487 e. The van der Waals surface area contributed by atoms with Gasteiger partial charge in [-0.3, -0.25) is 4.90 Å². The fourth-order valence-electron chi connectivity index (χ4n) is 2.71. The standard InChI is InChI=1S/C19H20N2O4/c1-3-24-18(22)14-7-6-8-15(11-14)20-19(23)21-12-13(2)25-17-10-5-4-9-16(17)21/h4-11,13H,3,12H2,1-2H3,(H,20,23)/t13-/m1/s1. The van der Waals surface area contributed by atoms with Gasteiger partial charge in [0.1, 0.15) is 11.9 Å². The van der Waals surface area contributed by atoms with Crippen LogP contribution in [0.25, 0.3) is 0 Å². The summed E-state index contributed by atoms with van der Waals surface area (Å²) in [6, 6.07) is 13.8. The third-order valence-corrected chi connectivity index (χ3v) is 3.79. The molecule has 1 atom stereocenters. The van der Waals surface area contributed by atoms with Crippen molar-refractivity contribution in [2.24, 2.45) is 0 Å². The summed E-state index contributed by atoms with van der Waals surface area (Å²) in [5.41, 5.74) is 1.65. The van der Waals surface area contributed by atoms with E-state index in [1.807, 2.05) is 31.2 Å². The summed E-state index contributed by atoms with van der Waals surface area (Å²) >= 11 is 0. The van der Waals surface area contributed by atoms with E-state index in [-0.39, 0.29) is 12.1 Å². The van der Waals surface area contributed by atoms with E-state index in [2.05, 4.69) is 5.32 Å². The summed E-state index contributed by atoms with van der Waals surface area (Å²) in [5, 5.41) is 2.83. The average molecular weight is 340 g/mol. The topological polar surface area (TPSA) is 67.9 Å². The van der Waals surface area contributed by atoms with E-state index in [1.165, 1.54) is 0 Å². The van der Waals surface area contributed by atoms with E-state index >= 15 is 0 Å². The Morgan fingerprint density at radius 3 is 2.84 bits per heavy atom. The van der Waals surface area contributed by atoms with Crippen LogP contribution in [0.4, 0.5) is 16.2 Å². The van der Waals surface area contributed by atoms with Crippen LogP contribution in [0.15, 0.2) is 48.5 Å². The molecule has 0 bridgehead atoms. The van der Waals surface area contributed by atoms with Crippen molar-refractivity contribution < 1.29 is 19.1 Å². The van der Waals surface area contributed by atoms with Crippen LogP contribution >= 0.6 is 0 Å². The Balaban J connectivity index is 1.79. The first-order valence-corrected chi connectivity index (χ1v) is 8.20. The smallest absolute Gasteiger partial charge is 0.338 e. The molecule has 130 valence electrons. The molecular weight excluding hydrogens is 320 g/mol. The number of fused-ring (bicyclic) bond motifs is 1. The predicted octanol–water partition coefficient (Wildman–Crippen LogP) is 3.68. The number of anilines is 2. The Kier molecular flexibility index (Phi) is 4.88. The number of benzene rings is 2. The van der Waals surface area contributed by atoms with Crippen molar-refractivity contribution in [2.45, 2.75) is 20.0 Å². The first-order chi connectivity index (χ1) is 12.1. The van der Waals surface area contributed by atoms with Gasteiger partial charge in [0.05, 0.1) is 24.4 Å². The predicted molar refractivity (Wildman–Crippen MR) is 95.3 cm³/mol. The second kappa shape index (κ2) is 7.25. The molecular formula is C19H20N2O4. The molecule has 25 heavy (non-hydrogen) atoms. The highest BCUT2D eigenvalue weighted by Crippen LogP contribution is 2.33. The van der Waals surface area contributed by atoms with E-state index in [0.29, 0.717) is 30.2 Å². The van der Waals surface area contributed by atoms with Gasteiger partial charge in [-0.2, -0.15) is 0 Å². The van der Waals surface area contributed by atoms with Crippen molar-refractivity contribution in [1.29, 1.82) is 0 Å². The molecule has 1 aliphatic heterocycles. The van der Waals surface area contributed by atoms with E-state index in [1.54, 1.807) is 36.1 Å². The molecule has 0 aliphatic carbocycles. The number of nitrogens with zero attached hydrogens (tertiary/aromatic N) is 1. The number of carbonyl (C=O) groups is 2. The lowest BCUT2D eigenvalue weighted by molar-refractivity contribution is 0.0526. The van der Waals surface area contributed by atoms with E-state index < -0.39 is 5.97 Å². The normalized spacial score (nSPS) is 15.8. The van der Waals surface area contributed by atoms with Gasteiger partial charge in [0.25, 0.3) is 0 Å². The Hall–Kier alpha value is -3.02. The lowest BCUT2D eigenvalue weighted by Crippen LogP contribution is -2.44. The zero-order chi connectivity index (χ0) is 17.8. The van der Waals surface area contributed by atoms with Crippen molar-refractivity contribution >= 4 is 23.4 Å². The SMILES string of the molecule is CCOC(=O)c1cccc(NC(=O)N2C[C@@H](C)Oc3ccccc32)c1. The zero-order valence-electron chi connectivity index (χ0n) is 14.2. The maximum atomic E-state index is 12.7. The molecule has 0 aromatic heterocycles. The summed E-state index contributed by atoms with van der Waals surface area (Å²) in [4.78, 5) is 26.2. The van der Waals surface area contributed by atoms with Crippen LogP contribution in [0, 0.1) is 0 Å². The number of rotatable bonds is 3. The molecule has 6 nitrogen and oxygen atoms in total. The molecule has 0 unspecified atom stereocenters. The van der Waals surface area contributed by atoms with E-state index in [9.17, 15) is 9.59 Å². The van der Waals surface area contributed by atoms with Gasteiger partial charge in [-0.05, 0) is 44.2 Å². The lowest BCUT2D eigenvalue weighted by Gasteiger charge is -2.33. The minimum atomic E-state index is -0.413. The minimum absolute atomic E-state index is 0.105. The highest BCUT2D eigenvalue weighted by atomic mass is 16.5. The van der Waals surface area contributed by atoms with Crippen LogP contribution in [0.3, 0.4) is 0 Å². The quantitative estimate of drug-likeness (QED) is 0.866. The number of ether oxygens (including phenoxy) is 2. The molecule has 0 saturated heterocycles. The molecule has 1 N–H and O–H groups in total. The molecule has 0 saturated carbocycles. The van der Waals surface area contributed by atoms with Gasteiger partial charge in [-0.15, -0.1) is 0 Å². The Morgan fingerprint density at radius 2 is 2.04 bits per heavy atom. The first kappa shape index (κ1) is 16.8. The molecule has 6 heteroatoms. The van der Waals surface area contributed by atoms with Gasteiger partial charge in [0, 0.05) is 5.69 Å². The Labute approximate surface area is 146 Å². The maximum absolute atomic E-state index is 12.7. The average Bonchev–Trinajstić information content (AvgIpc) is 2.61. The number of nitrogens with one attached hydrogen (secondary N) is 1. The molecule has 2 amide bonds. The van der Waals surface area contributed by atoms with Gasteiger partial charge in [0.2, 0.25) is 0 Å². The molecule has 2 aromatic rings. The number of hydrogen-bond donors (Lipinski definition) is 1. The molecule has 3 rings (SSSR count). The number of esters is 1. The van der Waals surface area contributed by atoms with Crippen molar-refractivity contribution in [2.75, 3.05) is 23.4 Å². The second-order valence-electron chi connectivity index (χ2n) is 5.74. The molecule has 0 radical (unpaired) electrons. The largest absolute Gasteiger partial charge is 0.487 e. The van der Waals surface area contributed by atoms with Crippen molar-refractivity contribution in [3.8, 4) is 5.75 Å². The van der Waals surface area contributed by atoms with Gasteiger partial charge < -0.3 is 14.8 Å². The molecule has 0 fully saturated rings. The number of hydrogen-bond acceptors (Lipinski definition) is 4. The van der Waals surface area contributed by atoms with Crippen LogP contribution in [0.2, 0.25) is 0 Å². The maximum Gasteiger partial charge on any atom is 0.338 e. The second-order valence-corrected chi connectivity index (χ2v) is 5.74. The van der Waals surface area contributed by atoms with E-state index in [0.717, 1.165) is 5.69 Å². The van der Waals surface area contributed by atoms with Gasteiger partial charge in [-0.25, -0.2) is 9.59 Å². The third kappa shape index (κ3) is 3.74. The number of carbonyl (C=O) groups excluding carboxylic acids is 2. The van der Waals surface area contributed by atoms with Gasteiger partial charge in [0.15, 0.2) is 0 Å². The summed E-state index contributed by atoms with van der Waals surface area (Å²) in [6.45, 7) is 4.41. The van der Waals surface area contributed by atoms with Crippen molar-refractivity contribution in [1.82, 2.24) is 0 Å². The van der Waals surface area contributed by atoms with Crippen molar-refractivity contribution in [3.05, 3.63) is 54.1 Å². The van der Waals surface area contributed by atoms with Crippen LogP contribution in [-0.4, -0.2) is 31.3 Å². The Morgan fingerprint density at radius 1 is 1.24 bits per heavy atom. The summed E-state index contributed by atoms with van der Waals surface area (Å²) < 4.78 is 10.7. The van der Waals surface area contributed by atoms with Crippen LogP contribution in [0.5, 0.6) is 5.75 Å². The molecule has 1 heterocycles. The molecule has 2 aromatic carbocycles. The number of para-hydroxylation sites is 2. The summed E-state index contributed by atoms with van der Waals surface area (Å²) in [7, 11) is 0. The van der Waals surface area contributed by atoms with E-state index in [4.69, 9.17) is 9.47 Å². The lowest BCUT2D eigenvalue weighted by atomic mass is 10.2. The molecule has 1 aliphatic rings. The highest BCUT2D eigenvalue weighted by Gasteiger charge is 2.27. The van der Waals surface area contributed by atoms with Crippen LogP contribution < -0.4 is 15.0 Å². The summed E-state index contributed by atoms with van der Waals surface area (Å²) in [5.74, 6) is 0.264. The number of amides is 2. The van der Waals surface area contributed by atoms with Crippen molar-refractivity contribution in [3.63, 3.8) is 0 Å². The van der Waals surface area contributed by atoms with Crippen LogP contribution in [0.1, 0.15) is 24.2 Å². The summed E-state index contributed by atoms with van der Waals surface area (Å²) in [6.07, 6.45) is -0.105. The fourth-order valence-corrected chi connectivity index (χ4v) is 2.71.